The second-order valence-corrected chi connectivity index (χ2v) is 7.58. The Morgan fingerprint density at radius 3 is 2.67 bits per heavy atom. The van der Waals surface area contributed by atoms with Gasteiger partial charge in [-0.3, -0.25) is 9.69 Å². The Morgan fingerprint density at radius 1 is 1.11 bits per heavy atom. The normalized spacial score (nSPS) is 15.1. The fourth-order valence-electron chi connectivity index (χ4n) is 3.00. The molecule has 0 unspecified atom stereocenters. The lowest BCUT2D eigenvalue weighted by atomic mass is 10.2. The highest BCUT2D eigenvalue weighted by Crippen LogP contribution is 2.26. The van der Waals surface area contributed by atoms with E-state index in [9.17, 15) is 4.79 Å². The number of benzene rings is 1. The first-order valence-electron chi connectivity index (χ1n) is 8.80. The summed E-state index contributed by atoms with van der Waals surface area (Å²) < 4.78 is 6.89. The van der Waals surface area contributed by atoms with Gasteiger partial charge in [0.25, 0.3) is 5.56 Å². The minimum Gasteiger partial charge on any atom is -0.379 e. The first-order valence-corrected chi connectivity index (χ1v) is 10.1. The van der Waals surface area contributed by atoms with Crippen LogP contribution in [0.5, 0.6) is 0 Å². The molecule has 6 nitrogen and oxygen atoms in total. The Balaban J connectivity index is 1.73. The molecule has 1 fully saturated rings. The summed E-state index contributed by atoms with van der Waals surface area (Å²) in [6.45, 7) is 4.43. The highest BCUT2D eigenvalue weighted by molar-refractivity contribution is 7.13. The Kier molecular flexibility index (Phi) is 5.63. The maximum atomic E-state index is 13.0. The monoisotopic (exact) mass is 402 g/mol. The summed E-state index contributed by atoms with van der Waals surface area (Å²) >= 11 is 7.83. The number of rotatable bonds is 5. The minimum atomic E-state index is -0.179. The summed E-state index contributed by atoms with van der Waals surface area (Å²) in [5.74, 6) is 0.463. The number of halogens is 1. The van der Waals surface area contributed by atoms with Gasteiger partial charge in [0, 0.05) is 25.2 Å². The van der Waals surface area contributed by atoms with Crippen molar-refractivity contribution in [3.05, 3.63) is 57.2 Å². The van der Waals surface area contributed by atoms with Crippen LogP contribution in [0.25, 0.3) is 22.0 Å². The van der Waals surface area contributed by atoms with Gasteiger partial charge in [0.15, 0.2) is 5.82 Å². The molecule has 2 aromatic heterocycles. The van der Waals surface area contributed by atoms with Crippen molar-refractivity contribution in [3.8, 4) is 22.0 Å². The molecule has 3 heterocycles. The van der Waals surface area contributed by atoms with E-state index in [1.54, 1.807) is 6.07 Å². The molecule has 0 saturated carbocycles. The zero-order valence-corrected chi connectivity index (χ0v) is 16.2. The molecule has 1 aliphatic rings. The van der Waals surface area contributed by atoms with Crippen molar-refractivity contribution in [2.24, 2.45) is 0 Å². The smallest absolute Gasteiger partial charge is 0.294 e. The Labute approximate surface area is 166 Å². The van der Waals surface area contributed by atoms with Crippen LogP contribution in [0.1, 0.15) is 0 Å². The molecule has 27 heavy (non-hydrogen) atoms. The van der Waals surface area contributed by atoms with Crippen molar-refractivity contribution in [1.29, 1.82) is 0 Å². The van der Waals surface area contributed by atoms with Crippen molar-refractivity contribution in [2.75, 3.05) is 32.8 Å². The minimum absolute atomic E-state index is 0.179. The van der Waals surface area contributed by atoms with E-state index in [2.05, 4.69) is 15.0 Å². The zero-order valence-electron chi connectivity index (χ0n) is 14.7. The van der Waals surface area contributed by atoms with Crippen LogP contribution in [0.3, 0.4) is 0 Å². The molecule has 3 aromatic rings. The van der Waals surface area contributed by atoms with Crippen LogP contribution in [0, 0.1) is 0 Å². The van der Waals surface area contributed by atoms with Gasteiger partial charge in [0.05, 0.1) is 29.7 Å². The average molecular weight is 403 g/mol. The van der Waals surface area contributed by atoms with E-state index in [1.165, 1.54) is 16.0 Å². The SMILES string of the molecule is O=c1c(-c2cccs2)nc(-c2ccccc2Cl)nn1CCN1CCOCC1. The number of hydrogen-bond acceptors (Lipinski definition) is 6. The van der Waals surface area contributed by atoms with Crippen molar-refractivity contribution in [2.45, 2.75) is 6.54 Å². The van der Waals surface area contributed by atoms with Crippen LogP contribution in [0.4, 0.5) is 0 Å². The lowest BCUT2D eigenvalue weighted by Gasteiger charge is -2.26. The molecule has 140 valence electrons. The van der Waals surface area contributed by atoms with E-state index in [0.29, 0.717) is 23.1 Å². The topological polar surface area (TPSA) is 60.2 Å². The van der Waals surface area contributed by atoms with Crippen molar-refractivity contribution in [3.63, 3.8) is 0 Å². The number of hydrogen-bond donors (Lipinski definition) is 0. The first-order chi connectivity index (χ1) is 13.2. The summed E-state index contributed by atoms with van der Waals surface area (Å²) in [5.41, 5.74) is 0.954. The molecule has 0 atom stereocenters. The molecule has 1 saturated heterocycles. The number of aromatic nitrogens is 3. The van der Waals surface area contributed by atoms with Crippen LogP contribution in [-0.2, 0) is 11.3 Å². The molecule has 0 aliphatic carbocycles. The first kappa shape index (κ1) is 18.3. The lowest BCUT2D eigenvalue weighted by molar-refractivity contribution is 0.0358. The third-order valence-electron chi connectivity index (χ3n) is 4.47. The third-order valence-corrected chi connectivity index (χ3v) is 5.68. The standard InChI is InChI=1S/C19H19ClN4O2S/c20-15-5-2-1-4-14(15)18-21-17(16-6-3-13-27-16)19(25)24(22-18)8-7-23-9-11-26-12-10-23/h1-6,13H,7-12H2. The molecule has 0 bridgehead atoms. The van der Waals surface area contributed by atoms with Crippen LogP contribution in [0.15, 0.2) is 46.6 Å². The third kappa shape index (κ3) is 4.11. The summed E-state index contributed by atoms with van der Waals surface area (Å²) in [6, 6.07) is 11.2. The maximum absolute atomic E-state index is 13.0. The number of thiophene rings is 1. The van der Waals surface area contributed by atoms with Crippen LogP contribution in [-0.4, -0.2) is 52.5 Å². The molecular weight excluding hydrogens is 384 g/mol. The summed E-state index contributed by atoms with van der Waals surface area (Å²) in [5, 5.41) is 7.01. The Morgan fingerprint density at radius 2 is 1.93 bits per heavy atom. The lowest BCUT2D eigenvalue weighted by Crippen LogP contribution is -2.40. The highest BCUT2D eigenvalue weighted by Gasteiger charge is 2.17. The summed E-state index contributed by atoms with van der Waals surface area (Å²) in [4.78, 5) is 20.6. The summed E-state index contributed by atoms with van der Waals surface area (Å²) in [7, 11) is 0. The fraction of sp³-hybridized carbons (Fsp3) is 0.316. The molecule has 0 spiro atoms. The van der Waals surface area contributed by atoms with E-state index >= 15 is 0 Å². The highest BCUT2D eigenvalue weighted by atomic mass is 35.5. The van der Waals surface area contributed by atoms with E-state index in [4.69, 9.17) is 16.3 Å². The van der Waals surface area contributed by atoms with Gasteiger partial charge in [-0.2, -0.15) is 0 Å². The van der Waals surface area contributed by atoms with E-state index in [0.717, 1.165) is 43.3 Å². The van der Waals surface area contributed by atoms with Gasteiger partial charge in [-0.15, -0.1) is 16.4 Å². The van der Waals surface area contributed by atoms with E-state index in [-0.39, 0.29) is 5.56 Å². The predicted octanol–water partition coefficient (Wildman–Crippen LogP) is 3.02. The van der Waals surface area contributed by atoms with Gasteiger partial charge in [0.2, 0.25) is 0 Å². The van der Waals surface area contributed by atoms with Gasteiger partial charge < -0.3 is 4.74 Å². The molecule has 0 amide bonds. The molecule has 0 N–H and O–H groups in total. The molecule has 1 aromatic carbocycles. The quantitative estimate of drug-likeness (QED) is 0.656. The second-order valence-electron chi connectivity index (χ2n) is 6.22. The van der Waals surface area contributed by atoms with Gasteiger partial charge in [-0.05, 0) is 23.6 Å². The molecular formula is C19H19ClN4O2S. The van der Waals surface area contributed by atoms with Gasteiger partial charge in [0.1, 0.15) is 5.69 Å². The van der Waals surface area contributed by atoms with Crippen molar-refractivity contribution in [1.82, 2.24) is 19.7 Å². The fourth-order valence-corrected chi connectivity index (χ4v) is 3.93. The van der Waals surface area contributed by atoms with Gasteiger partial charge >= 0.3 is 0 Å². The molecule has 0 radical (unpaired) electrons. The largest absolute Gasteiger partial charge is 0.379 e. The van der Waals surface area contributed by atoms with E-state index < -0.39 is 0 Å². The average Bonchev–Trinajstić information content (AvgIpc) is 3.23. The molecule has 8 heteroatoms. The van der Waals surface area contributed by atoms with Gasteiger partial charge in [-0.1, -0.05) is 29.8 Å². The second kappa shape index (κ2) is 8.31. The van der Waals surface area contributed by atoms with Crippen LogP contribution >= 0.6 is 22.9 Å². The van der Waals surface area contributed by atoms with E-state index in [1.807, 2.05) is 35.7 Å². The number of ether oxygens (including phenoxy) is 1. The molecule has 4 rings (SSSR count). The Hall–Kier alpha value is -2.06. The zero-order chi connectivity index (χ0) is 18.6. The van der Waals surface area contributed by atoms with Crippen molar-refractivity contribution >= 4 is 22.9 Å². The Bertz CT molecular complexity index is 968. The maximum Gasteiger partial charge on any atom is 0.294 e. The number of nitrogens with zero attached hydrogens (tertiary/aromatic N) is 4. The van der Waals surface area contributed by atoms with Crippen molar-refractivity contribution < 1.29 is 4.74 Å². The summed E-state index contributed by atoms with van der Waals surface area (Å²) in [6.07, 6.45) is 0. The van der Waals surface area contributed by atoms with Gasteiger partial charge in [-0.25, -0.2) is 9.67 Å². The van der Waals surface area contributed by atoms with Crippen LogP contribution < -0.4 is 5.56 Å². The van der Waals surface area contributed by atoms with Crippen LogP contribution in [0.2, 0.25) is 5.02 Å². The number of morpholine rings is 1. The predicted molar refractivity (Wildman–Crippen MR) is 107 cm³/mol. The molecule has 1 aliphatic heterocycles.